The number of hydrogen-bond acceptors (Lipinski definition) is 3. The van der Waals surface area contributed by atoms with Gasteiger partial charge in [0.25, 0.3) is 0 Å². The van der Waals surface area contributed by atoms with Gasteiger partial charge < -0.3 is 10.2 Å². The van der Waals surface area contributed by atoms with E-state index >= 15 is 0 Å². The molecule has 0 spiro atoms. The lowest BCUT2D eigenvalue weighted by atomic mass is 10.1. The fraction of sp³-hybridized carbons (Fsp3) is 0.421. The molecule has 1 saturated heterocycles. The molecule has 0 aliphatic carbocycles. The highest BCUT2D eigenvalue weighted by Gasteiger charge is 2.18. The fourth-order valence-electron chi connectivity index (χ4n) is 2.97. The molecule has 0 saturated carbocycles. The first-order valence-electron chi connectivity index (χ1n) is 8.73. The molecule has 134 valence electrons. The van der Waals surface area contributed by atoms with Crippen molar-refractivity contribution in [2.24, 2.45) is 0 Å². The Bertz CT molecular complexity index is 650. The topological polar surface area (TPSA) is 18.5 Å². The van der Waals surface area contributed by atoms with Gasteiger partial charge in [-0.15, -0.1) is 11.3 Å². The number of benzene rings is 1. The van der Waals surface area contributed by atoms with Gasteiger partial charge in [-0.3, -0.25) is 4.90 Å². The Morgan fingerprint density at radius 3 is 2.52 bits per heavy atom. The number of hydrogen-bond donors (Lipinski definition) is 1. The molecule has 0 unspecified atom stereocenters. The van der Waals surface area contributed by atoms with Crippen molar-refractivity contribution < 1.29 is 0 Å². The van der Waals surface area contributed by atoms with Gasteiger partial charge in [0.1, 0.15) is 0 Å². The molecule has 0 bridgehead atoms. The molecule has 1 aliphatic rings. The molecule has 0 amide bonds. The third-order valence-electron chi connectivity index (χ3n) is 4.52. The summed E-state index contributed by atoms with van der Waals surface area (Å²) in [5.74, 6) is 0. The number of nitrogens with zero attached hydrogens (tertiary/aromatic N) is 2. The Kier molecular flexibility index (Phi) is 7.11. The lowest BCUT2D eigenvalue weighted by Gasteiger charge is -2.36. The van der Waals surface area contributed by atoms with Crippen LogP contribution in [-0.2, 0) is 12.8 Å². The van der Waals surface area contributed by atoms with Crippen molar-refractivity contribution in [3.63, 3.8) is 0 Å². The molecule has 3 nitrogen and oxygen atoms in total. The summed E-state index contributed by atoms with van der Waals surface area (Å²) in [6, 6.07) is 12.4. The largest absolute Gasteiger partial charge is 0.362 e. The average Bonchev–Trinajstić information content (AvgIpc) is 3.15. The summed E-state index contributed by atoms with van der Waals surface area (Å²) in [5.41, 5.74) is 1.28. The van der Waals surface area contributed by atoms with Gasteiger partial charge in [0.15, 0.2) is 5.11 Å². The Balaban J connectivity index is 1.33. The lowest BCUT2D eigenvalue weighted by Crippen LogP contribution is -2.52. The number of piperazine rings is 1. The Hall–Kier alpha value is -1.14. The quantitative estimate of drug-likeness (QED) is 0.754. The van der Waals surface area contributed by atoms with Crippen LogP contribution in [0.5, 0.6) is 0 Å². The molecule has 3 rings (SSSR count). The van der Waals surface area contributed by atoms with E-state index in [1.54, 1.807) is 0 Å². The molecular formula is C19H24ClN3S2. The number of halogens is 1. The van der Waals surface area contributed by atoms with Crippen molar-refractivity contribution in [1.29, 1.82) is 0 Å². The second-order valence-corrected chi connectivity index (χ2v) is 8.12. The minimum absolute atomic E-state index is 0.782. The lowest BCUT2D eigenvalue weighted by molar-refractivity contribution is 0.183. The average molecular weight is 394 g/mol. The summed E-state index contributed by atoms with van der Waals surface area (Å²) < 4.78 is 0. The number of rotatable bonds is 6. The fourth-order valence-corrected chi connectivity index (χ4v) is 4.08. The van der Waals surface area contributed by atoms with E-state index in [-0.39, 0.29) is 0 Å². The maximum atomic E-state index is 5.91. The highest BCUT2D eigenvalue weighted by Crippen LogP contribution is 2.11. The summed E-state index contributed by atoms with van der Waals surface area (Å²) in [5, 5.41) is 7.21. The zero-order valence-electron chi connectivity index (χ0n) is 14.3. The summed E-state index contributed by atoms with van der Waals surface area (Å²) in [7, 11) is 0. The van der Waals surface area contributed by atoms with Gasteiger partial charge in [0, 0.05) is 49.2 Å². The molecule has 2 heterocycles. The second kappa shape index (κ2) is 9.53. The van der Waals surface area contributed by atoms with E-state index in [1.165, 1.54) is 10.4 Å². The van der Waals surface area contributed by atoms with E-state index in [4.69, 9.17) is 23.8 Å². The third-order valence-corrected chi connectivity index (χ3v) is 6.11. The van der Waals surface area contributed by atoms with Gasteiger partial charge in [-0.2, -0.15) is 0 Å². The number of thiocarbonyl (C=S) groups is 1. The van der Waals surface area contributed by atoms with E-state index in [0.717, 1.165) is 62.2 Å². The van der Waals surface area contributed by atoms with Crippen LogP contribution in [-0.4, -0.2) is 54.2 Å². The minimum Gasteiger partial charge on any atom is -0.362 e. The van der Waals surface area contributed by atoms with E-state index in [1.807, 2.05) is 23.5 Å². The van der Waals surface area contributed by atoms with Crippen LogP contribution in [0, 0.1) is 0 Å². The minimum atomic E-state index is 0.782. The van der Waals surface area contributed by atoms with E-state index in [2.05, 4.69) is 44.8 Å². The monoisotopic (exact) mass is 393 g/mol. The smallest absolute Gasteiger partial charge is 0.169 e. The zero-order valence-corrected chi connectivity index (χ0v) is 16.7. The molecular weight excluding hydrogens is 370 g/mol. The van der Waals surface area contributed by atoms with Crippen molar-refractivity contribution >= 4 is 40.3 Å². The van der Waals surface area contributed by atoms with Crippen LogP contribution in [0.1, 0.15) is 10.4 Å². The molecule has 1 fully saturated rings. The first-order chi connectivity index (χ1) is 12.2. The highest BCUT2D eigenvalue weighted by atomic mass is 35.5. The van der Waals surface area contributed by atoms with Crippen molar-refractivity contribution in [1.82, 2.24) is 15.1 Å². The zero-order chi connectivity index (χ0) is 17.5. The SMILES string of the molecule is S=C(NCCc1ccc(Cl)cc1)N1CCN(CCc2cccs2)CC1. The van der Waals surface area contributed by atoms with Gasteiger partial charge in [-0.05, 0) is 54.2 Å². The van der Waals surface area contributed by atoms with E-state index < -0.39 is 0 Å². The molecule has 1 aromatic carbocycles. The van der Waals surface area contributed by atoms with Gasteiger partial charge in [-0.1, -0.05) is 29.8 Å². The molecule has 0 atom stereocenters. The van der Waals surface area contributed by atoms with Crippen LogP contribution in [0.2, 0.25) is 5.02 Å². The molecule has 0 radical (unpaired) electrons. The Labute approximate surface area is 164 Å². The molecule has 1 aliphatic heterocycles. The van der Waals surface area contributed by atoms with Crippen LogP contribution in [0.4, 0.5) is 0 Å². The summed E-state index contributed by atoms with van der Waals surface area (Å²) in [4.78, 5) is 6.30. The van der Waals surface area contributed by atoms with Gasteiger partial charge in [0.2, 0.25) is 0 Å². The Morgan fingerprint density at radius 2 is 1.84 bits per heavy atom. The van der Waals surface area contributed by atoms with Gasteiger partial charge in [-0.25, -0.2) is 0 Å². The predicted octanol–water partition coefficient (Wildman–Crippen LogP) is 3.68. The van der Waals surface area contributed by atoms with Crippen LogP contribution in [0.15, 0.2) is 41.8 Å². The molecule has 6 heteroatoms. The number of thiophene rings is 1. The summed E-state index contributed by atoms with van der Waals surface area (Å²) in [6.07, 6.45) is 2.11. The van der Waals surface area contributed by atoms with Gasteiger partial charge >= 0.3 is 0 Å². The van der Waals surface area contributed by atoms with Crippen LogP contribution in [0.3, 0.4) is 0 Å². The molecule has 1 aromatic heterocycles. The normalized spacial score (nSPS) is 15.3. The van der Waals surface area contributed by atoms with Gasteiger partial charge in [0.05, 0.1) is 0 Å². The maximum Gasteiger partial charge on any atom is 0.169 e. The molecule has 1 N–H and O–H groups in total. The van der Waals surface area contributed by atoms with E-state index in [0.29, 0.717) is 0 Å². The van der Waals surface area contributed by atoms with E-state index in [9.17, 15) is 0 Å². The molecule has 2 aromatic rings. The van der Waals surface area contributed by atoms with Crippen LogP contribution >= 0.6 is 35.2 Å². The first kappa shape index (κ1) is 18.6. The third kappa shape index (κ3) is 5.96. The van der Waals surface area contributed by atoms with Crippen molar-refractivity contribution in [3.05, 3.63) is 57.2 Å². The summed E-state index contributed by atoms with van der Waals surface area (Å²) in [6.45, 7) is 6.20. The van der Waals surface area contributed by atoms with Crippen molar-refractivity contribution in [3.8, 4) is 0 Å². The van der Waals surface area contributed by atoms with Crippen LogP contribution < -0.4 is 5.32 Å². The van der Waals surface area contributed by atoms with Crippen molar-refractivity contribution in [2.45, 2.75) is 12.8 Å². The summed E-state index contributed by atoms with van der Waals surface area (Å²) >= 11 is 13.3. The van der Waals surface area contributed by atoms with Crippen LogP contribution in [0.25, 0.3) is 0 Å². The van der Waals surface area contributed by atoms with Crippen molar-refractivity contribution in [2.75, 3.05) is 39.3 Å². The molecule has 25 heavy (non-hydrogen) atoms. The maximum absolute atomic E-state index is 5.91. The number of nitrogens with one attached hydrogen (secondary N) is 1. The predicted molar refractivity (Wildman–Crippen MR) is 112 cm³/mol. The highest BCUT2D eigenvalue weighted by molar-refractivity contribution is 7.80. The standard InChI is InChI=1S/C19H24ClN3S2/c20-17-5-3-16(4-6-17)7-9-21-19(24)23-13-11-22(12-14-23)10-8-18-2-1-15-25-18/h1-6,15H,7-14H2,(H,21,24). The first-order valence-corrected chi connectivity index (χ1v) is 10.4. The second-order valence-electron chi connectivity index (χ2n) is 6.27. The Morgan fingerprint density at radius 1 is 1.08 bits per heavy atom.